The Morgan fingerprint density at radius 1 is 1.04 bits per heavy atom. The zero-order valence-corrected chi connectivity index (χ0v) is 13.3. The summed E-state index contributed by atoms with van der Waals surface area (Å²) in [6, 6.07) is 5.77. The highest BCUT2D eigenvalue weighted by Gasteiger charge is 2.36. The summed E-state index contributed by atoms with van der Waals surface area (Å²) in [7, 11) is 1.30. The summed E-state index contributed by atoms with van der Waals surface area (Å²) in [6.45, 7) is 2.32. The van der Waals surface area contributed by atoms with Crippen molar-refractivity contribution in [2.24, 2.45) is 0 Å². The number of phenolic OH excluding ortho intramolecular Hbond substituents is 2. The summed E-state index contributed by atoms with van der Waals surface area (Å²) in [5.41, 5.74) is 0.488. The van der Waals surface area contributed by atoms with Crippen LogP contribution in [0.25, 0.3) is 0 Å². The van der Waals surface area contributed by atoms with E-state index in [1.807, 2.05) is 0 Å². The first-order chi connectivity index (χ1) is 11.5. The maximum Gasteiger partial charge on any atom is 0.202 e. The summed E-state index contributed by atoms with van der Waals surface area (Å²) in [5, 5.41) is 20.3. The summed E-state index contributed by atoms with van der Waals surface area (Å²) in [4.78, 5) is 25.6. The molecule has 0 saturated heterocycles. The first kappa shape index (κ1) is 16.0. The van der Waals surface area contributed by atoms with E-state index >= 15 is 0 Å². The van der Waals surface area contributed by atoms with Gasteiger partial charge in [-0.25, -0.2) is 0 Å². The third kappa shape index (κ3) is 2.23. The number of benzene rings is 2. The van der Waals surface area contributed by atoms with E-state index in [9.17, 15) is 19.8 Å². The van der Waals surface area contributed by atoms with Crippen molar-refractivity contribution in [2.45, 2.75) is 13.5 Å². The topological polar surface area (TPSA) is 93.1 Å². The van der Waals surface area contributed by atoms with E-state index < -0.39 is 11.6 Å². The van der Waals surface area contributed by atoms with Crippen LogP contribution in [-0.4, -0.2) is 35.5 Å². The highest BCUT2D eigenvalue weighted by molar-refractivity contribution is 6.30. The lowest BCUT2D eigenvalue weighted by atomic mass is 9.82. The molecule has 0 radical (unpaired) electrons. The molecule has 24 heavy (non-hydrogen) atoms. The molecule has 2 aromatic carbocycles. The van der Waals surface area contributed by atoms with Crippen LogP contribution in [0.1, 0.15) is 44.3 Å². The predicted molar refractivity (Wildman–Crippen MR) is 85.0 cm³/mol. The fourth-order valence-corrected chi connectivity index (χ4v) is 2.86. The molecule has 0 saturated carbocycles. The van der Waals surface area contributed by atoms with Gasteiger partial charge in [0.25, 0.3) is 0 Å². The molecule has 6 heteroatoms. The smallest absolute Gasteiger partial charge is 0.202 e. The highest BCUT2D eigenvalue weighted by atomic mass is 16.5. The van der Waals surface area contributed by atoms with E-state index in [0.29, 0.717) is 12.2 Å². The first-order valence-electron chi connectivity index (χ1n) is 7.43. The minimum atomic E-state index is -0.562. The molecule has 0 bridgehead atoms. The van der Waals surface area contributed by atoms with E-state index in [1.165, 1.54) is 31.4 Å². The number of phenols is 2. The van der Waals surface area contributed by atoms with Crippen molar-refractivity contribution in [1.29, 1.82) is 0 Å². The van der Waals surface area contributed by atoms with E-state index in [-0.39, 0.29) is 46.1 Å². The third-order valence-electron chi connectivity index (χ3n) is 3.99. The highest BCUT2D eigenvalue weighted by Crippen LogP contribution is 2.43. The molecule has 6 nitrogen and oxygen atoms in total. The Morgan fingerprint density at radius 3 is 2.46 bits per heavy atom. The lowest BCUT2D eigenvalue weighted by Crippen LogP contribution is -2.22. The van der Waals surface area contributed by atoms with Gasteiger partial charge in [0.2, 0.25) is 5.78 Å². The van der Waals surface area contributed by atoms with Crippen LogP contribution in [-0.2, 0) is 11.3 Å². The fourth-order valence-electron chi connectivity index (χ4n) is 2.86. The number of ether oxygens (including phenoxy) is 2. The maximum atomic E-state index is 12.8. The number of methoxy groups -OCH3 is 1. The van der Waals surface area contributed by atoms with Crippen molar-refractivity contribution in [3.8, 4) is 17.2 Å². The Morgan fingerprint density at radius 2 is 1.79 bits per heavy atom. The van der Waals surface area contributed by atoms with Gasteiger partial charge in [-0.15, -0.1) is 0 Å². The molecule has 1 aliphatic carbocycles. The Balaban J connectivity index is 2.28. The van der Waals surface area contributed by atoms with Gasteiger partial charge >= 0.3 is 0 Å². The van der Waals surface area contributed by atoms with E-state index in [4.69, 9.17) is 9.47 Å². The van der Waals surface area contributed by atoms with Gasteiger partial charge in [-0.2, -0.15) is 0 Å². The molecular weight excluding hydrogens is 312 g/mol. The Kier molecular flexibility index (Phi) is 3.99. The number of rotatable bonds is 4. The lowest BCUT2D eigenvalue weighted by Gasteiger charge is -2.22. The lowest BCUT2D eigenvalue weighted by molar-refractivity contribution is 0.0972. The van der Waals surface area contributed by atoms with Gasteiger partial charge in [-0.05, 0) is 19.1 Å². The average Bonchev–Trinajstić information content (AvgIpc) is 2.57. The fraction of sp³-hybridized carbons (Fsp3) is 0.222. The second-order valence-corrected chi connectivity index (χ2v) is 5.34. The molecule has 0 spiro atoms. The van der Waals surface area contributed by atoms with Crippen molar-refractivity contribution in [3.63, 3.8) is 0 Å². The summed E-state index contributed by atoms with van der Waals surface area (Å²) in [5.74, 6) is -1.59. The molecule has 2 N–H and O–H groups in total. The molecule has 124 valence electrons. The molecule has 1 aliphatic rings. The van der Waals surface area contributed by atoms with E-state index in [1.54, 1.807) is 6.92 Å². The zero-order valence-electron chi connectivity index (χ0n) is 13.3. The molecule has 0 fully saturated rings. The zero-order chi connectivity index (χ0) is 17.4. The van der Waals surface area contributed by atoms with Gasteiger partial charge in [0.05, 0.1) is 24.8 Å². The summed E-state index contributed by atoms with van der Waals surface area (Å²) >= 11 is 0. The quantitative estimate of drug-likeness (QED) is 0.764. The van der Waals surface area contributed by atoms with Crippen molar-refractivity contribution in [2.75, 3.05) is 13.7 Å². The number of carbonyl (C=O) groups is 2. The number of fused-ring (bicyclic) bond motifs is 2. The molecular formula is C18H16O6. The number of ketones is 2. The Bertz CT molecular complexity index is 853. The van der Waals surface area contributed by atoms with Gasteiger partial charge < -0.3 is 19.7 Å². The summed E-state index contributed by atoms with van der Waals surface area (Å²) in [6.07, 6.45) is 0. The van der Waals surface area contributed by atoms with Crippen LogP contribution in [0.2, 0.25) is 0 Å². The second kappa shape index (κ2) is 5.98. The van der Waals surface area contributed by atoms with Gasteiger partial charge in [0, 0.05) is 23.3 Å². The SMILES string of the molecule is CCOCc1cc2c(c(OC)c1O)C(=O)c1c(O)cccc1C2=O. The molecule has 0 amide bonds. The maximum absolute atomic E-state index is 12.8. The standard InChI is InChI=1S/C18H16O6/c1-3-24-8-9-7-11-14(18(23-2)15(9)20)17(22)13-10(16(11)21)5-4-6-12(13)19/h4-7,19-20H,3,8H2,1-2H3. The summed E-state index contributed by atoms with van der Waals surface area (Å²) < 4.78 is 10.5. The van der Waals surface area contributed by atoms with Crippen LogP contribution in [0.4, 0.5) is 0 Å². The minimum absolute atomic E-state index is 0.0470. The molecule has 0 unspecified atom stereocenters. The van der Waals surface area contributed by atoms with E-state index in [0.717, 1.165) is 0 Å². The predicted octanol–water partition coefficient (Wildman–Crippen LogP) is 2.42. The van der Waals surface area contributed by atoms with Crippen molar-refractivity contribution in [3.05, 3.63) is 52.1 Å². The van der Waals surface area contributed by atoms with Crippen LogP contribution in [0.3, 0.4) is 0 Å². The van der Waals surface area contributed by atoms with Crippen molar-refractivity contribution < 1.29 is 29.3 Å². The first-order valence-corrected chi connectivity index (χ1v) is 7.43. The van der Waals surface area contributed by atoms with Gasteiger partial charge in [0.15, 0.2) is 17.3 Å². The van der Waals surface area contributed by atoms with Crippen LogP contribution >= 0.6 is 0 Å². The second-order valence-electron chi connectivity index (χ2n) is 5.34. The number of hydrogen-bond acceptors (Lipinski definition) is 6. The number of aromatic hydroxyl groups is 2. The molecule has 3 rings (SSSR count). The van der Waals surface area contributed by atoms with Crippen LogP contribution in [0.5, 0.6) is 17.2 Å². The normalized spacial score (nSPS) is 12.8. The van der Waals surface area contributed by atoms with Crippen LogP contribution in [0, 0.1) is 0 Å². The molecule has 0 heterocycles. The third-order valence-corrected chi connectivity index (χ3v) is 3.99. The average molecular weight is 328 g/mol. The number of carbonyl (C=O) groups excluding carboxylic acids is 2. The molecule has 0 atom stereocenters. The number of hydrogen-bond donors (Lipinski definition) is 2. The van der Waals surface area contributed by atoms with Crippen LogP contribution < -0.4 is 4.74 Å². The molecule has 2 aromatic rings. The Hall–Kier alpha value is -2.86. The van der Waals surface area contributed by atoms with Crippen LogP contribution in [0.15, 0.2) is 24.3 Å². The minimum Gasteiger partial charge on any atom is -0.507 e. The van der Waals surface area contributed by atoms with Gasteiger partial charge in [-0.3, -0.25) is 9.59 Å². The van der Waals surface area contributed by atoms with E-state index in [2.05, 4.69) is 0 Å². The Labute approximate surface area is 138 Å². The van der Waals surface area contributed by atoms with Gasteiger partial charge in [0.1, 0.15) is 5.75 Å². The molecule has 0 aliphatic heterocycles. The largest absolute Gasteiger partial charge is 0.507 e. The van der Waals surface area contributed by atoms with Crippen molar-refractivity contribution in [1.82, 2.24) is 0 Å². The monoisotopic (exact) mass is 328 g/mol. The van der Waals surface area contributed by atoms with Gasteiger partial charge in [-0.1, -0.05) is 12.1 Å². The molecule has 0 aromatic heterocycles. The van der Waals surface area contributed by atoms with Crippen molar-refractivity contribution >= 4 is 11.6 Å².